The van der Waals surface area contributed by atoms with Gasteiger partial charge in [-0.3, -0.25) is 4.79 Å². The number of ether oxygens (including phenoxy) is 1. The number of alkyl halides is 3. The third kappa shape index (κ3) is 6.18. The second-order valence-corrected chi connectivity index (χ2v) is 5.33. The molecule has 112 valence electrons. The lowest BCUT2D eigenvalue weighted by atomic mass is 10.2. The quantitative estimate of drug-likeness (QED) is 0.878. The van der Waals surface area contributed by atoms with Gasteiger partial charge in [0, 0.05) is 6.54 Å². The highest BCUT2D eigenvalue weighted by Crippen LogP contribution is 2.19. The smallest absolute Gasteiger partial charge is 0.422 e. The average molecular weight is 307 g/mol. The van der Waals surface area contributed by atoms with Crippen LogP contribution in [0, 0.1) is 0 Å². The van der Waals surface area contributed by atoms with Crippen molar-refractivity contribution in [3.05, 3.63) is 29.8 Å². The van der Waals surface area contributed by atoms with E-state index in [0.29, 0.717) is 5.56 Å². The minimum Gasteiger partial charge on any atom is -0.484 e. The molecule has 20 heavy (non-hydrogen) atoms. The number of rotatable bonds is 6. The molecule has 1 aromatic carbocycles. The van der Waals surface area contributed by atoms with Gasteiger partial charge in [0.15, 0.2) is 6.61 Å². The molecule has 0 aliphatic heterocycles. The van der Waals surface area contributed by atoms with Crippen molar-refractivity contribution in [2.24, 2.45) is 0 Å². The van der Waals surface area contributed by atoms with Crippen LogP contribution in [0.5, 0.6) is 5.75 Å². The van der Waals surface area contributed by atoms with Crippen molar-refractivity contribution >= 4 is 17.7 Å². The normalized spacial score (nSPS) is 12.8. The van der Waals surface area contributed by atoms with Gasteiger partial charge in [0.25, 0.3) is 0 Å². The van der Waals surface area contributed by atoms with Crippen LogP contribution in [0.3, 0.4) is 0 Å². The van der Waals surface area contributed by atoms with Gasteiger partial charge in [-0.25, -0.2) is 0 Å². The van der Waals surface area contributed by atoms with E-state index in [0.717, 1.165) is 0 Å². The zero-order valence-corrected chi connectivity index (χ0v) is 12.0. The van der Waals surface area contributed by atoms with Crippen molar-refractivity contribution in [3.63, 3.8) is 0 Å². The summed E-state index contributed by atoms with van der Waals surface area (Å²) in [5.41, 5.74) is 0.686. The molecule has 0 heterocycles. The molecule has 0 aliphatic rings. The molecule has 7 heteroatoms. The number of amides is 1. The van der Waals surface area contributed by atoms with Crippen LogP contribution in [0.4, 0.5) is 13.2 Å². The third-order valence-corrected chi connectivity index (χ3v) is 3.41. The summed E-state index contributed by atoms with van der Waals surface area (Å²) in [6.07, 6.45) is -2.53. The topological polar surface area (TPSA) is 38.3 Å². The van der Waals surface area contributed by atoms with E-state index in [1.807, 2.05) is 6.26 Å². The van der Waals surface area contributed by atoms with Crippen LogP contribution in [0.25, 0.3) is 0 Å². The molecule has 0 bridgehead atoms. The lowest BCUT2D eigenvalue weighted by molar-refractivity contribution is -0.153. The fraction of sp³-hybridized carbons (Fsp3) is 0.462. The predicted octanol–water partition coefficient (Wildman–Crippen LogP) is 3.00. The number of hydrogen-bond donors (Lipinski definition) is 1. The van der Waals surface area contributed by atoms with Crippen LogP contribution in [-0.4, -0.2) is 30.2 Å². The maximum Gasteiger partial charge on any atom is 0.422 e. The first-order chi connectivity index (χ1) is 9.31. The Balaban J connectivity index is 2.53. The molecule has 0 aromatic heterocycles. The van der Waals surface area contributed by atoms with E-state index in [9.17, 15) is 18.0 Å². The molecule has 0 fully saturated rings. The Bertz CT molecular complexity index is 451. The second kappa shape index (κ2) is 7.42. The Morgan fingerprint density at radius 2 is 2.15 bits per heavy atom. The third-order valence-electron chi connectivity index (χ3n) is 2.49. The molecular formula is C13H16F3NO2S. The van der Waals surface area contributed by atoms with Crippen molar-refractivity contribution in [1.82, 2.24) is 5.32 Å². The van der Waals surface area contributed by atoms with E-state index in [1.54, 1.807) is 19.1 Å². The molecule has 1 amide bonds. The van der Waals surface area contributed by atoms with Crippen molar-refractivity contribution in [2.45, 2.75) is 24.9 Å². The fourth-order valence-corrected chi connectivity index (χ4v) is 1.65. The Morgan fingerprint density at radius 1 is 1.45 bits per heavy atom. The molecule has 0 unspecified atom stereocenters. The minimum atomic E-state index is -4.36. The monoisotopic (exact) mass is 307 g/mol. The molecule has 1 aromatic rings. The highest BCUT2D eigenvalue weighted by atomic mass is 32.2. The molecule has 0 saturated heterocycles. The number of nitrogens with one attached hydrogen (secondary N) is 1. The van der Waals surface area contributed by atoms with E-state index in [1.165, 1.54) is 23.9 Å². The highest BCUT2D eigenvalue weighted by Gasteiger charge is 2.28. The number of benzene rings is 1. The van der Waals surface area contributed by atoms with E-state index < -0.39 is 12.8 Å². The summed E-state index contributed by atoms with van der Waals surface area (Å²) in [4.78, 5) is 11.6. The fourth-order valence-electron chi connectivity index (χ4n) is 1.35. The number of thioether (sulfide) groups is 1. The zero-order valence-electron chi connectivity index (χ0n) is 11.2. The molecule has 0 radical (unpaired) electrons. The highest BCUT2D eigenvalue weighted by molar-refractivity contribution is 7.99. The lowest BCUT2D eigenvalue weighted by Gasteiger charge is -2.12. The second-order valence-electron chi connectivity index (χ2n) is 4.15. The van der Waals surface area contributed by atoms with Gasteiger partial charge in [0.1, 0.15) is 5.75 Å². The Kier molecular flexibility index (Phi) is 6.19. The summed E-state index contributed by atoms with van der Waals surface area (Å²) in [6, 6.07) is 6.23. The molecule has 0 spiro atoms. The van der Waals surface area contributed by atoms with Crippen molar-refractivity contribution in [2.75, 3.05) is 12.9 Å². The summed E-state index contributed by atoms with van der Waals surface area (Å²) >= 11 is 1.42. The maximum absolute atomic E-state index is 12.0. The maximum atomic E-state index is 12.0. The summed E-state index contributed by atoms with van der Waals surface area (Å²) in [5.74, 6) is 0.0195. The Labute approximate surface area is 119 Å². The van der Waals surface area contributed by atoms with E-state index in [-0.39, 0.29) is 23.5 Å². The van der Waals surface area contributed by atoms with Crippen molar-refractivity contribution in [1.29, 1.82) is 0 Å². The van der Waals surface area contributed by atoms with Crippen LogP contribution < -0.4 is 10.1 Å². The first-order valence-electron chi connectivity index (χ1n) is 5.91. The summed E-state index contributed by atoms with van der Waals surface area (Å²) in [5, 5.41) is 2.54. The largest absolute Gasteiger partial charge is 0.484 e. The summed E-state index contributed by atoms with van der Waals surface area (Å²) < 4.78 is 40.8. The Morgan fingerprint density at radius 3 is 2.75 bits per heavy atom. The van der Waals surface area contributed by atoms with Crippen LogP contribution in [0.1, 0.15) is 12.5 Å². The van der Waals surface area contributed by atoms with Gasteiger partial charge in [0.2, 0.25) is 5.91 Å². The predicted molar refractivity (Wildman–Crippen MR) is 72.8 cm³/mol. The number of hydrogen-bond acceptors (Lipinski definition) is 3. The van der Waals surface area contributed by atoms with Gasteiger partial charge in [0.05, 0.1) is 5.25 Å². The van der Waals surface area contributed by atoms with Gasteiger partial charge >= 0.3 is 6.18 Å². The van der Waals surface area contributed by atoms with Crippen LogP contribution in [0.2, 0.25) is 0 Å². The molecule has 1 N–H and O–H groups in total. The SMILES string of the molecule is CS[C@@H](C)C(=O)NCc1cccc(OCC(F)(F)F)c1. The summed E-state index contributed by atoms with van der Waals surface area (Å²) in [7, 11) is 0. The number of halogens is 3. The van der Waals surface area contributed by atoms with Gasteiger partial charge < -0.3 is 10.1 Å². The van der Waals surface area contributed by atoms with Gasteiger partial charge in [-0.1, -0.05) is 12.1 Å². The summed E-state index contributed by atoms with van der Waals surface area (Å²) in [6.45, 7) is 0.710. The Hall–Kier alpha value is -1.37. The molecule has 1 atom stereocenters. The first-order valence-corrected chi connectivity index (χ1v) is 7.19. The van der Waals surface area contributed by atoms with Crippen LogP contribution >= 0.6 is 11.8 Å². The molecule has 3 nitrogen and oxygen atoms in total. The molecule has 0 aliphatic carbocycles. The zero-order chi connectivity index (χ0) is 15.2. The van der Waals surface area contributed by atoms with Gasteiger partial charge in [-0.05, 0) is 30.9 Å². The minimum absolute atomic E-state index is 0.112. The van der Waals surface area contributed by atoms with Gasteiger partial charge in [-0.15, -0.1) is 0 Å². The number of carbonyl (C=O) groups excluding carboxylic acids is 1. The van der Waals surface area contributed by atoms with Crippen molar-refractivity contribution < 1.29 is 22.7 Å². The van der Waals surface area contributed by atoms with E-state index >= 15 is 0 Å². The van der Waals surface area contributed by atoms with E-state index in [4.69, 9.17) is 0 Å². The molecular weight excluding hydrogens is 291 g/mol. The first kappa shape index (κ1) is 16.7. The average Bonchev–Trinajstić information content (AvgIpc) is 2.41. The molecule has 0 saturated carbocycles. The standard InChI is InChI=1S/C13H16F3NO2S/c1-9(20-2)12(18)17-7-10-4-3-5-11(6-10)19-8-13(14,15)16/h3-6,9H,7-8H2,1-2H3,(H,17,18)/t9-/m0/s1. The van der Waals surface area contributed by atoms with E-state index in [2.05, 4.69) is 10.1 Å². The van der Waals surface area contributed by atoms with Crippen LogP contribution in [-0.2, 0) is 11.3 Å². The molecule has 1 rings (SSSR count). The van der Waals surface area contributed by atoms with Crippen LogP contribution in [0.15, 0.2) is 24.3 Å². The van der Waals surface area contributed by atoms with Crippen molar-refractivity contribution in [3.8, 4) is 5.75 Å². The lowest BCUT2D eigenvalue weighted by Crippen LogP contribution is -2.30. The number of carbonyl (C=O) groups is 1. The van der Waals surface area contributed by atoms with Gasteiger partial charge in [-0.2, -0.15) is 24.9 Å².